The lowest BCUT2D eigenvalue weighted by molar-refractivity contribution is -0.119. The van der Waals surface area contributed by atoms with Gasteiger partial charge in [-0.15, -0.1) is 11.6 Å². The van der Waals surface area contributed by atoms with Crippen LogP contribution in [0.2, 0.25) is 0 Å². The van der Waals surface area contributed by atoms with Crippen LogP contribution in [0.4, 0.5) is 4.79 Å². The zero-order valence-corrected chi connectivity index (χ0v) is 10.1. The van der Waals surface area contributed by atoms with Gasteiger partial charge in [-0.25, -0.2) is 9.78 Å². The molecule has 1 atom stereocenters. The second kappa shape index (κ2) is 4.75. The smallest absolute Gasteiger partial charge is 0.324 e. The van der Waals surface area contributed by atoms with Gasteiger partial charge in [0.25, 0.3) is 0 Å². The van der Waals surface area contributed by atoms with Crippen molar-refractivity contribution in [2.75, 3.05) is 6.54 Å². The summed E-state index contributed by atoms with van der Waals surface area (Å²) in [7, 11) is 0. The third-order valence-corrected chi connectivity index (χ3v) is 2.82. The van der Waals surface area contributed by atoms with Crippen molar-refractivity contribution in [2.45, 2.75) is 25.4 Å². The number of carbonyl (C=O) groups is 2. The standard InChI is InChI=1S/C10H13ClN4O2/c1-7(11)9(16)13-10(17)15-5-4-14-3-2-12-8(14)6-15/h2-3,7H,4-6H2,1H3,(H,13,16,17). The summed E-state index contributed by atoms with van der Waals surface area (Å²) in [5.74, 6) is 0.336. The summed E-state index contributed by atoms with van der Waals surface area (Å²) >= 11 is 5.58. The SMILES string of the molecule is CC(Cl)C(=O)NC(=O)N1CCn2ccnc2C1. The van der Waals surface area contributed by atoms with E-state index in [1.54, 1.807) is 11.1 Å². The monoisotopic (exact) mass is 256 g/mol. The van der Waals surface area contributed by atoms with Crippen LogP contribution >= 0.6 is 11.6 Å². The number of rotatable bonds is 1. The van der Waals surface area contributed by atoms with E-state index in [-0.39, 0.29) is 0 Å². The van der Waals surface area contributed by atoms with Crippen LogP contribution < -0.4 is 5.32 Å². The molecule has 1 unspecified atom stereocenters. The van der Waals surface area contributed by atoms with Gasteiger partial charge < -0.3 is 9.47 Å². The third-order valence-electron chi connectivity index (χ3n) is 2.62. The minimum atomic E-state index is -0.717. The maximum atomic E-state index is 11.7. The molecular weight excluding hydrogens is 244 g/mol. The van der Waals surface area contributed by atoms with Gasteiger partial charge in [0, 0.05) is 25.5 Å². The van der Waals surface area contributed by atoms with Crippen molar-refractivity contribution in [1.82, 2.24) is 19.8 Å². The van der Waals surface area contributed by atoms with Crippen LogP contribution in [0, 0.1) is 0 Å². The summed E-state index contributed by atoms with van der Waals surface area (Å²) in [6.07, 6.45) is 3.57. The maximum absolute atomic E-state index is 11.7. The van der Waals surface area contributed by atoms with Crippen molar-refractivity contribution in [3.05, 3.63) is 18.2 Å². The fraction of sp³-hybridized carbons (Fsp3) is 0.500. The lowest BCUT2D eigenvalue weighted by Crippen LogP contribution is -2.47. The first-order valence-corrected chi connectivity index (χ1v) is 5.75. The highest BCUT2D eigenvalue weighted by atomic mass is 35.5. The van der Waals surface area contributed by atoms with Crippen LogP contribution in [0.1, 0.15) is 12.7 Å². The fourth-order valence-corrected chi connectivity index (χ4v) is 1.69. The molecule has 1 aromatic heterocycles. The molecule has 3 amide bonds. The van der Waals surface area contributed by atoms with Gasteiger partial charge in [-0.3, -0.25) is 10.1 Å². The molecule has 0 fully saturated rings. The summed E-state index contributed by atoms with van der Waals surface area (Å²) in [5.41, 5.74) is 0. The quantitative estimate of drug-likeness (QED) is 0.747. The highest BCUT2D eigenvalue weighted by molar-refractivity contribution is 6.31. The van der Waals surface area contributed by atoms with Gasteiger partial charge >= 0.3 is 6.03 Å². The molecular formula is C10H13ClN4O2. The van der Waals surface area contributed by atoms with Gasteiger partial charge in [0.2, 0.25) is 5.91 Å². The highest BCUT2D eigenvalue weighted by Gasteiger charge is 2.23. The second-order valence-corrected chi connectivity index (χ2v) is 4.52. The molecule has 0 saturated carbocycles. The normalized spacial score (nSPS) is 16.2. The number of nitrogens with one attached hydrogen (secondary N) is 1. The van der Waals surface area contributed by atoms with Crippen LogP contribution in [0.15, 0.2) is 12.4 Å². The molecule has 1 aliphatic heterocycles. The largest absolute Gasteiger partial charge is 0.332 e. The van der Waals surface area contributed by atoms with Crippen LogP contribution in [-0.2, 0) is 17.9 Å². The number of aromatic nitrogens is 2. The molecule has 92 valence electrons. The van der Waals surface area contributed by atoms with E-state index < -0.39 is 17.3 Å². The van der Waals surface area contributed by atoms with E-state index in [1.165, 1.54) is 6.92 Å². The van der Waals surface area contributed by atoms with Crippen molar-refractivity contribution in [2.24, 2.45) is 0 Å². The van der Waals surface area contributed by atoms with E-state index in [2.05, 4.69) is 10.3 Å². The van der Waals surface area contributed by atoms with Gasteiger partial charge in [0.15, 0.2) is 0 Å². The van der Waals surface area contributed by atoms with Gasteiger partial charge in [-0.05, 0) is 6.92 Å². The van der Waals surface area contributed by atoms with E-state index in [9.17, 15) is 9.59 Å². The Bertz CT molecular complexity index is 443. The topological polar surface area (TPSA) is 67.2 Å². The molecule has 0 spiro atoms. The van der Waals surface area contributed by atoms with Gasteiger partial charge in [0.1, 0.15) is 11.2 Å². The van der Waals surface area contributed by atoms with Gasteiger partial charge in [-0.2, -0.15) is 0 Å². The molecule has 0 bridgehead atoms. The van der Waals surface area contributed by atoms with Crippen molar-refractivity contribution < 1.29 is 9.59 Å². The minimum Gasteiger partial charge on any atom is -0.332 e. The average molecular weight is 257 g/mol. The average Bonchev–Trinajstić information content (AvgIpc) is 2.75. The molecule has 1 N–H and O–H groups in total. The fourth-order valence-electron chi connectivity index (χ4n) is 1.63. The summed E-state index contributed by atoms with van der Waals surface area (Å²) in [5, 5.41) is 1.53. The Kier molecular flexibility index (Phi) is 3.33. The summed E-state index contributed by atoms with van der Waals surface area (Å²) in [6.45, 7) is 3.17. The Morgan fingerprint density at radius 1 is 1.53 bits per heavy atom. The molecule has 17 heavy (non-hydrogen) atoms. The summed E-state index contributed by atoms with van der Waals surface area (Å²) < 4.78 is 1.98. The highest BCUT2D eigenvalue weighted by Crippen LogP contribution is 2.10. The second-order valence-electron chi connectivity index (χ2n) is 3.87. The maximum Gasteiger partial charge on any atom is 0.324 e. The third kappa shape index (κ3) is 2.58. The van der Waals surface area contributed by atoms with Crippen molar-refractivity contribution in [3.63, 3.8) is 0 Å². The van der Waals surface area contributed by atoms with Crippen LogP contribution in [0.3, 0.4) is 0 Å². The number of fused-ring (bicyclic) bond motifs is 1. The van der Waals surface area contributed by atoms with Crippen LogP contribution in [0.5, 0.6) is 0 Å². The first-order valence-electron chi connectivity index (χ1n) is 5.32. The lowest BCUT2D eigenvalue weighted by Gasteiger charge is -2.27. The number of urea groups is 1. The van der Waals surface area contributed by atoms with Crippen molar-refractivity contribution in [1.29, 1.82) is 0 Å². The Morgan fingerprint density at radius 3 is 3.00 bits per heavy atom. The van der Waals surface area contributed by atoms with E-state index in [0.29, 0.717) is 19.6 Å². The van der Waals surface area contributed by atoms with E-state index in [4.69, 9.17) is 11.6 Å². The molecule has 2 rings (SSSR count). The first-order chi connectivity index (χ1) is 8.08. The number of nitrogens with zero attached hydrogens (tertiary/aromatic N) is 3. The molecule has 0 radical (unpaired) electrons. The number of alkyl halides is 1. The predicted molar refractivity (Wildman–Crippen MR) is 61.5 cm³/mol. The van der Waals surface area contributed by atoms with E-state index in [1.807, 2.05) is 10.8 Å². The van der Waals surface area contributed by atoms with Gasteiger partial charge in [0.05, 0.1) is 6.54 Å². The molecule has 0 aliphatic carbocycles. The van der Waals surface area contributed by atoms with Gasteiger partial charge in [-0.1, -0.05) is 0 Å². The first kappa shape index (κ1) is 11.9. The molecule has 1 aliphatic rings. The number of hydrogen-bond donors (Lipinski definition) is 1. The molecule has 0 saturated heterocycles. The Hall–Kier alpha value is -1.56. The van der Waals surface area contributed by atoms with Crippen molar-refractivity contribution >= 4 is 23.5 Å². The van der Waals surface area contributed by atoms with E-state index >= 15 is 0 Å². The number of imidazole rings is 1. The number of halogens is 1. The molecule has 0 aromatic carbocycles. The van der Waals surface area contributed by atoms with Crippen molar-refractivity contribution in [3.8, 4) is 0 Å². The Balaban J connectivity index is 1.97. The number of imide groups is 1. The minimum absolute atomic E-state index is 0.406. The summed E-state index contributed by atoms with van der Waals surface area (Å²) in [6, 6.07) is -0.420. The number of amides is 3. The predicted octanol–water partition coefficient (Wildman–Crippen LogP) is 0.562. The Labute approximate surface area is 104 Å². The molecule has 6 nitrogen and oxygen atoms in total. The zero-order valence-electron chi connectivity index (χ0n) is 9.39. The molecule has 1 aromatic rings. The van der Waals surface area contributed by atoms with E-state index in [0.717, 1.165) is 5.82 Å². The molecule has 2 heterocycles. The summed E-state index contributed by atoms with van der Waals surface area (Å²) in [4.78, 5) is 28.7. The van der Waals surface area contributed by atoms with Crippen LogP contribution in [-0.4, -0.2) is 38.3 Å². The molecule has 7 heteroatoms. The van der Waals surface area contributed by atoms with Crippen LogP contribution in [0.25, 0.3) is 0 Å². The number of hydrogen-bond acceptors (Lipinski definition) is 3. The zero-order chi connectivity index (χ0) is 12.4. The number of carbonyl (C=O) groups excluding carboxylic acids is 2. The Morgan fingerprint density at radius 2 is 2.29 bits per heavy atom. The lowest BCUT2D eigenvalue weighted by atomic mass is 10.3.